The number of aromatic nitrogens is 2. The van der Waals surface area contributed by atoms with Gasteiger partial charge in [-0.3, -0.25) is 16.0 Å². The first-order valence-corrected chi connectivity index (χ1v) is 7.15. The number of hydrogen-bond acceptors (Lipinski definition) is 3. The Bertz CT molecular complexity index is 578. The van der Waals surface area contributed by atoms with Gasteiger partial charge in [0.1, 0.15) is 5.15 Å². The minimum absolute atomic E-state index is 0.0941. The van der Waals surface area contributed by atoms with Crippen molar-refractivity contribution in [2.45, 2.75) is 25.8 Å². The van der Waals surface area contributed by atoms with E-state index in [1.165, 1.54) is 5.56 Å². The van der Waals surface area contributed by atoms with Crippen LogP contribution in [0.15, 0.2) is 24.3 Å². The third-order valence-corrected chi connectivity index (χ3v) is 4.08. The summed E-state index contributed by atoms with van der Waals surface area (Å²) in [7, 11) is 1.84. The first-order chi connectivity index (χ1) is 9.51. The summed E-state index contributed by atoms with van der Waals surface area (Å²) in [6.45, 7) is 1.96. The fourth-order valence-corrected chi connectivity index (χ4v) is 2.62. The van der Waals surface area contributed by atoms with E-state index >= 15 is 0 Å². The van der Waals surface area contributed by atoms with Gasteiger partial charge in [-0.2, -0.15) is 5.10 Å². The molecule has 4 nitrogen and oxygen atoms in total. The van der Waals surface area contributed by atoms with Crippen molar-refractivity contribution in [1.82, 2.24) is 15.2 Å². The van der Waals surface area contributed by atoms with E-state index in [-0.39, 0.29) is 6.04 Å². The minimum Gasteiger partial charge on any atom is -0.271 e. The average Bonchev–Trinajstić information content (AvgIpc) is 2.66. The molecule has 6 heteroatoms. The summed E-state index contributed by atoms with van der Waals surface area (Å²) in [5.41, 5.74) is 6.00. The molecular formula is C14H18Cl2N4. The van der Waals surface area contributed by atoms with Gasteiger partial charge < -0.3 is 0 Å². The highest BCUT2D eigenvalue weighted by molar-refractivity contribution is 6.30. The number of nitrogens with zero attached hydrogens (tertiary/aromatic N) is 2. The van der Waals surface area contributed by atoms with Crippen molar-refractivity contribution >= 4 is 23.2 Å². The highest BCUT2D eigenvalue weighted by Crippen LogP contribution is 2.21. The van der Waals surface area contributed by atoms with Crippen molar-refractivity contribution in [3.8, 4) is 0 Å². The van der Waals surface area contributed by atoms with E-state index in [1.807, 2.05) is 38.2 Å². The first-order valence-electron chi connectivity index (χ1n) is 6.39. The van der Waals surface area contributed by atoms with E-state index in [1.54, 1.807) is 4.68 Å². The molecule has 108 valence electrons. The predicted octanol–water partition coefficient (Wildman–Crippen LogP) is 2.65. The van der Waals surface area contributed by atoms with E-state index in [0.717, 1.165) is 29.1 Å². The molecule has 0 radical (unpaired) electrons. The van der Waals surface area contributed by atoms with Crippen molar-refractivity contribution < 1.29 is 0 Å². The molecule has 2 rings (SSSR count). The molecule has 0 aliphatic rings. The number of aryl methyl sites for hydroxylation is 2. The fourth-order valence-electron chi connectivity index (χ4n) is 2.25. The van der Waals surface area contributed by atoms with Crippen LogP contribution in [0.2, 0.25) is 10.2 Å². The van der Waals surface area contributed by atoms with Crippen LogP contribution >= 0.6 is 23.2 Å². The zero-order valence-corrected chi connectivity index (χ0v) is 13.0. The largest absolute Gasteiger partial charge is 0.271 e. The Hall–Kier alpha value is -1.07. The molecular weight excluding hydrogens is 295 g/mol. The quantitative estimate of drug-likeness (QED) is 0.659. The molecule has 0 saturated carbocycles. The summed E-state index contributed by atoms with van der Waals surface area (Å²) in [4.78, 5) is 0. The smallest absolute Gasteiger partial charge is 0.130 e. The van der Waals surface area contributed by atoms with E-state index in [0.29, 0.717) is 5.15 Å². The van der Waals surface area contributed by atoms with E-state index in [2.05, 4.69) is 10.5 Å². The van der Waals surface area contributed by atoms with Gasteiger partial charge in [-0.15, -0.1) is 0 Å². The van der Waals surface area contributed by atoms with Gasteiger partial charge >= 0.3 is 0 Å². The Balaban J connectivity index is 2.11. The van der Waals surface area contributed by atoms with Gasteiger partial charge in [0, 0.05) is 23.7 Å². The van der Waals surface area contributed by atoms with Crippen LogP contribution in [-0.4, -0.2) is 15.8 Å². The molecule has 3 N–H and O–H groups in total. The first kappa shape index (κ1) is 15.3. The molecule has 20 heavy (non-hydrogen) atoms. The normalized spacial score (nSPS) is 12.7. The molecule has 0 fully saturated rings. The van der Waals surface area contributed by atoms with Gasteiger partial charge in [-0.1, -0.05) is 35.3 Å². The molecule has 1 unspecified atom stereocenters. The lowest BCUT2D eigenvalue weighted by molar-refractivity contribution is 0.521. The van der Waals surface area contributed by atoms with Gasteiger partial charge in [-0.05, 0) is 37.5 Å². The van der Waals surface area contributed by atoms with Gasteiger partial charge in [0.2, 0.25) is 0 Å². The van der Waals surface area contributed by atoms with Crippen molar-refractivity contribution in [3.63, 3.8) is 0 Å². The molecule has 0 spiro atoms. The summed E-state index contributed by atoms with van der Waals surface area (Å²) < 4.78 is 1.68. The lowest BCUT2D eigenvalue weighted by atomic mass is 10.00. The molecule has 0 aliphatic carbocycles. The van der Waals surface area contributed by atoms with Crippen LogP contribution in [-0.2, 0) is 19.9 Å². The van der Waals surface area contributed by atoms with Crippen LogP contribution in [0.5, 0.6) is 0 Å². The zero-order valence-electron chi connectivity index (χ0n) is 11.5. The topological polar surface area (TPSA) is 55.9 Å². The molecule has 0 bridgehead atoms. The van der Waals surface area contributed by atoms with Crippen LogP contribution in [0.25, 0.3) is 0 Å². The second-order valence-corrected chi connectivity index (χ2v) is 5.67. The number of nitrogens with two attached hydrogens (primary N) is 1. The van der Waals surface area contributed by atoms with Gasteiger partial charge in [0.05, 0.1) is 5.69 Å². The number of halogens is 2. The Morgan fingerprint density at radius 1 is 1.25 bits per heavy atom. The summed E-state index contributed by atoms with van der Waals surface area (Å²) in [5.74, 6) is 5.66. The molecule has 0 aliphatic heterocycles. The number of rotatable bonds is 5. The Morgan fingerprint density at radius 2 is 1.90 bits per heavy atom. The molecule has 1 atom stereocenters. The number of benzene rings is 1. The second kappa shape index (κ2) is 6.59. The van der Waals surface area contributed by atoms with Gasteiger partial charge in [0.15, 0.2) is 0 Å². The third kappa shape index (κ3) is 3.52. The Morgan fingerprint density at radius 3 is 2.40 bits per heavy atom. The van der Waals surface area contributed by atoms with Crippen molar-refractivity contribution in [2.75, 3.05) is 0 Å². The van der Waals surface area contributed by atoms with Crippen molar-refractivity contribution in [1.29, 1.82) is 0 Å². The molecule has 1 aromatic carbocycles. The Kier molecular flexibility index (Phi) is 5.05. The monoisotopic (exact) mass is 312 g/mol. The van der Waals surface area contributed by atoms with Crippen LogP contribution < -0.4 is 11.3 Å². The third-order valence-electron chi connectivity index (χ3n) is 3.35. The molecule has 1 aromatic heterocycles. The number of hydrazine groups is 1. The van der Waals surface area contributed by atoms with E-state index in [9.17, 15) is 0 Å². The fraction of sp³-hybridized carbons (Fsp3) is 0.357. The summed E-state index contributed by atoms with van der Waals surface area (Å²) >= 11 is 12.1. The minimum atomic E-state index is 0.0941. The maximum atomic E-state index is 6.25. The zero-order chi connectivity index (χ0) is 14.7. The summed E-state index contributed by atoms with van der Waals surface area (Å²) in [5, 5.41) is 5.71. The summed E-state index contributed by atoms with van der Waals surface area (Å²) in [6, 6.07) is 7.87. The Labute approximate surface area is 128 Å². The van der Waals surface area contributed by atoms with Crippen LogP contribution in [0, 0.1) is 6.92 Å². The maximum absolute atomic E-state index is 6.25. The number of nitrogens with one attached hydrogen (secondary N) is 1. The molecule has 0 saturated heterocycles. The maximum Gasteiger partial charge on any atom is 0.130 e. The second-order valence-electron chi connectivity index (χ2n) is 4.88. The van der Waals surface area contributed by atoms with Gasteiger partial charge in [0.25, 0.3) is 0 Å². The van der Waals surface area contributed by atoms with Crippen molar-refractivity contribution in [2.24, 2.45) is 12.9 Å². The van der Waals surface area contributed by atoms with Crippen LogP contribution in [0.3, 0.4) is 0 Å². The standard InChI is InChI=1S/C14H18Cl2N4/c1-9-13(14(16)20(2)19-9)8-12(18-17)7-10-3-5-11(15)6-4-10/h3-6,12,18H,7-8,17H2,1-2H3. The highest BCUT2D eigenvalue weighted by Gasteiger charge is 2.16. The van der Waals surface area contributed by atoms with E-state index < -0.39 is 0 Å². The SMILES string of the molecule is Cc1nn(C)c(Cl)c1CC(Cc1ccc(Cl)cc1)NN. The molecule has 1 heterocycles. The highest BCUT2D eigenvalue weighted by atomic mass is 35.5. The van der Waals surface area contributed by atoms with E-state index in [4.69, 9.17) is 29.0 Å². The van der Waals surface area contributed by atoms with Crippen molar-refractivity contribution in [3.05, 3.63) is 51.3 Å². The number of hydrogen-bond donors (Lipinski definition) is 2. The van der Waals surface area contributed by atoms with Gasteiger partial charge in [-0.25, -0.2) is 0 Å². The lowest BCUT2D eigenvalue weighted by Gasteiger charge is -2.16. The molecule has 2 aromatic rings. The predicted molar refractivity (Wildman–Crippen MR) is 82.9 cm³/mol. The molecule has 0 amide bonds. The lowest BCUT2D eigenvalue weighted by Crippen LogP contribution is -2.38. The van der Waals surface area contributed by atoms with Crippen LogP contribution in [0.1, 0.15) is 16.8 Å². The van der Waals surface area contributed by atoms with Crippen LogP contribution in [0.4, 0.5) is 0 Å². The summed E-state index contributed by atoms with van der Waals surface area (Å²) in [6.07, 6.45) is 1.54. The average molecular weight is 313 g/mol.